The Morgan fingerprint density at radius 1 is 1.18 bits per heavy atom. The maximum atomic E-state index is 11.1. The van der Waals surface area contributed by atoms with Crippen LogP contribution in [0.5, 0.6) is 0 Å². The normalized spacial score (nSPS) is 14.9. The molecule has 0 saturated carbocycles. The molecule has 6 heteroatoms. The van der Waals surface area contributed by atoms with Gasteiger partial charge < -0.3 is 20.9 Å². The third-order valence-corrected chi connectivity index (χ3v) is 2.73. The maximum absolute atomic E-state index is 11.1. The second-order valence-electron chi connectivity index (χ2n) is 4.36. The fraction of sp³-hybridized carbons (Fsp3) is 0.909. The van der Waals surface area contributed by atoms with E-state index in [9.17, 15) is 4.79 Å². The van der Waals surface area contributed by atoms with Gasteiger partial charge >= 0.3 is 0 Å². The van der Waals surface area contributed by atoms with E-state index >= 15 is 0 Å². The molecule has 0 aliphatic rings. The Morgan fingerprint density at radius 2 is 1.65 bits per heavy atom. The molecule has 102 valence electrons. The summed E-state index contributed by atoms with van der Waals surface area (Å²) >= 11 is 0. The van der Waals surface area contributed by atoms with Gasteiger partial charge in [0.15, 0.2) is 0 Å². The van der Waals surface area contributed by atoms with Crippen LogP contribution in [0.3, 0.4) is 0 Å². The molecule has 4 N–H and O–H groups in total. The summed E-state index contributed by atoms with van der Waals surface area (Å²) in [6, 6.07) is 0. The highest BCUT2D eigenvalue weighted by Gasteiger charge is 2.25. The van der Waals surface area contributed by atoms with E-state index in [1.807, 2.05) is 0 Å². The predicted molar refractivity (Wildman–Crippen MR) is 66.6 cm³/mol. The molecular weight excluding hydrogens is 222 g/mol. The van der Waals surface area contributed by atoms with Gasteiger partial charge in [-0.15, -0.1) is 0 Å². The van der Waals surface area contributed by atoms with Gasteiger partial charge in [0.2, 0.25) is 5.91 Å². The lowest BCUT2D eigenvalue weighted by Gasteiger charge is -2.26. The van der Waals surface area contributed by atoms with Gasteiger partial charge in [-0.05, 0) is 13.3 Å². The van der Waals surface area contributed by atoms with Crippen molar-refractivity contribution in [1.29, 1.82) is 0 Å². The molecule has 1 atom stereocenters. The molecule has 0 heterocycles. The lowest BCUT2D eigenvalue weighted by molar-refractivity contribution is -0.122. The average Bonchev–Trinajstić information content (AvgIpc) is 2.28. The van der Waals surface area contributed by atoms with Gasteiger partial charge in [0, 0.05) is 33.9 Å². The van der Waals surface area contributed by atoms with E-state index in [0.717, 1.165) is 13.1 Å². The van der Waals surface area contributed by atoms with E-state index < -0.39 is 11.4 Å². The molecule has 1 amide bonds. The van der Waals surface area contributed by atoms with Gasteiger partial charge in [0.25, 0.3) is 0 Å². The van der Waals surface area contributed by atoms with Crippen molar-refractivity contribution in [2.75, 3.05) is 47.1 Å². The second kappa shape index (κ2) is 8.41. The van der Waals surface area contributed by atoms with Crippen molar-refractivity contribution in [3.8, 4) is 0 Å². The van der Waals surface area contributed by atoms with Crippen LogP contribution in [0, 0.1) is 0 Å². The zero-order chi connectivity index (χ0) is 13.3. The summed E-state index contributed by atoms with van der Waals surface area (Å²) in [5.74, 6) is -0.476. The van der Waals surface area contributed by atoms with Gasteiger partial charge in [-0.2, -0.15) is 0 Å². The van der Waals surface area contributed by atoms with Crippen molar-refractivity contribution in [2.45, 2.75) is 18.9 Å². The quantitative estimate of drug-likeness (QED) is 0.526. The van der Waals surface area contributed by atoms with Crippen molar-refractivity contribution in [3.63, 3.8) is 0 Å². The third-order valence-electron chi connectivity index (χ3n) is 2.73. The highest BCUT2D eigenvalue weighted by atomic mass is 16.5. The van der Waals surface area contributed by atoms with Crippen LogP contribution in [0.2, 0.25) is 0 Å². The van der Waals surface area contributed by atoms with E-state index in [1.54, 1.807) is 21.1 Å². The number of primary amides is 1. The Kier molecular flexibility index (Phi) is 8.07. The number of rotatable bonds is 10. The molecule has 0 fully saturated rings. The fourth-order valence-corrected chi connectivity index (χ4v) is 1.29. The van der Waals surface area contributed by atoms with Crippen molar-refractivity contribution >= 4 is 5.91 Å². The molecule has 0 saturated heterocycles. The number of hydrogen-bond donors (Lipinski definition) is 2. The molecule has 0 bridgehead atoms. The lowest BCUT2D eigenvalue weighted by Crippen LogP contribution is -2.51. The molecule has 0 rings (SSSR count). The topological polar surface area (TPSA) is 90.8 Å². The van der Waals surface area contributed by atoms with E-state index in [-0.39, 0.29) is 0 Å². The summed E-state index contributed by atoms with van der Waals surface area (Å²) in [7, 11) is 3.32. The SMILES string of the molecule is COCCN(CCOC)CCC(C)(N)C(N)=O. The van der Waals surface area contributed by atoms with Crippen molar-refractivity contribution in [1.82, 2.24) is 4.90 Å². The number of amides is 1. The summed E-state index contributed by atoms with van der Waals surface area (Å²) < 4.78 is 10.1. The van der Waals surface area contributed by atoms with E-state index in [0.29, 0.717) is 26.2 Å². The molecule has 17 heavy (non-hydrogen) atoms. The predicted octanol–water partition coefficient (Wildman–Crippen LogP) is -0.826. The summed E-state index contributed by atoms with van der Waals surface area (Å²) in [5, 5.41) is 0. The van der Waals surface area contributed by atoms with Gasteiger partial charge in [-0.1, -0.05) is 0 Å². The monoisotopic (exact) mass is 247 g/mol. The number of methoxy groups -OCH3 is 2. The Bertz CT molecular complexity index is 214. The minimum absolute atomic E-state index is 0.476. The first-order valence-corrected chi connectivity index (χ1v) is 5.73. The lowest BCUT2D eigenvalue weighted by atomic mass is 9.98. The summed E-state index contributed by atoms with van der Waals surface area (Å²) in [6.07, 6.45) is 0.524. The fourth-order valence-electron chi connectivity index (χ4n) is 1.29. The minimum Gasteiger partial charge on any atom is -0.383 e. The summed E-state index contributed by atoms with van der Waals surface area (Å²) in [6.45, 7) is 5.20. The molecule has 0 aliphatic heterocycles. The van der Waals surface area contributed by atoms with Gasteiger partial charge in [0.05, 0.1) is 18.8 Å². The first-order chi connectivity index (χ1) is 7.94. The van der Waals surface area contributed by atoms with Crippen LogP contribution in [0.25, 0.3) is 0 Å². The Labute approximate surface area is 103 Å². The van der Waals surface area contributed by atoms with Crippen LogP contribution < -0.4 is 11.5 Å². The number of carbonyl (C=O) groups is 1. The van der Waals surface area contributed by atoms with Crippen LogP contribution in [-0.4, -0.2) is 63.4 Å². The van der Waals surface area contributed by atoms with Crippen LogP contribution in [-0.2, 0) is 14.3 Å². The molecule has 6 nitrogen and oxygen atoms in total. The Morgan fingerprint density at radius 3 is 2.00 bits per heavy atom. The number of nitrogens with two attached hydrogens (primary N) is 2. The number of hydrogen-bond acceptors (Lipinski definition) is 5. The van der Waals surface area contributed by atoms with Crippen molar-refractivity contribution in [3.05, 3.63) is 0 Å². The third kappa shape index (κ3) is 7.27. The summed E-state index contributed by atoms with van der Waals surface area (Å²) in [4.78, 5) is 13.2. The Hall–Kier alpha value is -0.690. The van der Waals surface area contributed by atoms with Crippen molar-refractivity contribution < 1.29 is 14.3 Å². The molecule has 0 aromatic rings. The zero-order valence-corrected chi connectivity index (χ0v) is 11.1. The number of carbonyl (C=O) groups excluding carboxylic acids is 1. The van der Waals surface area contributed by atoms with Crippen LogP contribution in [0.1, 0.15) is 13.3 Å². The van der Waals surface area contributed by atoms with E-state index in [2.05, 4.69) is 4.90 Å². The van der Waals surface area contributed by atoms with E-state index in [4.69, 9.17) is 20.9 Å². The molecule has 0 aliphatic carbocycles. The first kappa shape index (κ1) is 16.3. The average molecular weight is 247 g/mol. The van der Waals surface area contributed by atoms with Crippen LogP contribution in [0.4, 0.5) is 0 Å². The maximum Gasteiger partial charge on any atom is 0.237 e. The molecular formula is C11H25N3O3. The van der Waals surface area contributed by atoms with Crippen LogP contribution in [0.15, 0.2) is 0 Å². The number of ether oxygens (including phenoxy) is 2. The largest absolute Gasteiger partial charge is 0.383 e. The van der Waals surface area contributed by atoms with Gasteiger partial charge in [-0.25, -0.2) is 0 Å². The summed E-state index contributed by atoms with van der Waals surface area (Å²) in [5.41, 5.74) is 10.1. The molecule has 0 aromatic carbocycles. The second-order valence-corrected chi connectivity index (χ2v) is 4.36. The smallest absolute Gasteiger partial charge is 0.237 e. The minimum atomic E-state index is -0.960. The number of nitrogens with zero attached hydrogens (tertiary/aromatic N) is 1. The highest BCUT2D eigenvalue weighted by molar-refractivity contribution is 5.83. The molecule has 1 unspecified atom stereocenters. The van der Waals surface area contributed by atoms with Gasteiger partial charge in [0.1, 0.15) is 0 Å². The molecule has 0 spiro atoms. The molecule has 0 aromatic heterocycles. The first-order valence-electron chi connectivity index (χ1n) is 5.73. The van der Waals surface area contributed by atoms with Crippen LogP contribution >= 0.6 is 0 Å². The molecule has 0 radical (unpaired) electrons. The van der Waals surface area contributed by atoms with E-state index in [1.165, 1.54) is 0 Å². The standard InChI is InChI=1S/C11H25N3O3/c1-11(13,10(12)15)4-5-14(6-8-16-2)7-9-17-3/h4-9,13H2,1-3H3,(H2,12,15). The van der Waals surface area contributed by atoms with Gasteiger partial charge in [-0.3, -0.25) is 9.69 Å². The Balaban J connectivity index is 4.09. The zero-order valence-electron chi connectivity index (χ0n) is 11.1. The highest BCUT2D eigenvalue weighted by Crippen LogP contribution is 2.06. The van der Waals surface area contributed by atoms with Crippen molar-refractivity contribution in [2.24, 2.45) is 11.5 Å².